The molecule has 0 bridgehead atoms. The maximum Gasteiger partial charge on any atom is 0.145 e. The van der Waals surface area contributed by atoms with E-state index >= 15 is 0 Å². The number of para-hydroxylation sites is 2. The number of imidazole rings is 1. The lowest BCUT2D eigenvalue weighted by Gasteiger charge is -2.20. The molecule has 6 heteroatoms. The van der Waals surface area contributed by atoms with E-state index in [1.165, 1.54) is 22.1 Å². The van der Waals surface area contributed by atoms with Crippen molar-refractivity contribution in [2.75, 3.05) is 0 Å². The Hall–Kier alpha value is -6.92. The van der Waals surface area contributed by atoms with Gasteiger partial charge in [0.1, 0.15) is 34.1 Å². The van der Waals surface area contributed by atoms with Crippen molar-refractivity contribution in [2.24, 2.45) is 0 Å². The second kappa shape index (κ2) is 12.3. The van der Waals surface area contributed by atoms with Gasteiger partial charge in [0, 0.05) is 44.8 Å². The van der Waals surface area contributed by atoms with E-state index in [0.29, 0.717) is 11.8 Å². The molecule has 11 aromatic rings. The lowest BCUT2D eigenvalue weighted by atomic mass is 9.87. The van der Waals surface area contributed by atoms with Crippen LogP contribution in [-0.4, -0.2) is 18.9 Å². The third kappa shape index (κ3) is 4.75. The number of furan rings is 1. The van der Waals surface area contributed by atoms with Crippen molar-refractivity contribution >= 4 is 71.1 Å². The van der Waals surface area contributed by atoms with Crippen LogP contribution in [0.2, 0.25) is 0 Å². The van der Waals surface area contributed by atoms with Crippen molar-refractivity contribution in [3.63, 3.8) is 0 Å². The normalized spacial score (nSPS) is 12.2. The molecule has 5 heterocycles. The minimum atomic E-state index is 0.361. The van der Waals surface area contributed by atoms with Gasteiger partial charge in [-0.15, -0.1) is 0 Å². The largest absolute Gasteiger partial charge is 0.457 e. The van der Waals surface area contributed by atoms with Gasteiger partial charge in [-0.25, -0.2) is 9.97 Å². The zero-order chi connectivity index (χ0) is 37.7. The Bertz CT molecular complexity index is 3320. The summed E-state index contributed by atoms with van der Waals surface area (Å²) in [6, 6.07) is 46.6. The fraction of sp³-hybridized carbons (Fsp3) is 0.120. The molecule has 56 heavy (non-hydrogen) atoms. The highest BCUT2D eigenvalue weighted by atomic mass is 16.5. The number of nitrogens with zero attached hydrogens (tertiary/aromatic N) is 4. The van der Waals surface area contributed by atoms with Crippen molar-refractivity contribution in [1.29, 1.82) is 0 Å². The smallest absolute Gasteiger partial charge is 0.145 e. The van der Waals surface area contributed by atoms with Gasteiger partial charge in [-0.05, 0) is 95.1 Å². The van der Waals surface area contributed by atoms with E-state index in [2.05, 4.69) is 146 Å². The first kappa shape index (κ1) is 32.5. The molecule has 0 aliphatic rings. The first-order chi connectivity index (χ1) is 27.4. The molecule has 0 saturated carbocycles. The van der Waals surface area contributed by atoms with Crippen molar-refractivity contribution in [3.8, 4) is 28.6 Å². The molecule has 0 unspecified atom stereocenters. The minimum absolute atomic E-state index is 0.361. The summed E-state index contributed by atoms with van der Waals surface area (Å²) >= 11 is 0. The maximum absolute atomic E-state index is 6.78. The maximum atomic E-state index is 6.78. The third-order valence-corrected chi connectivity index (χ3v) is 11.4. The molecule has 0 atom stereocenters. The molecule has 0 radical (unpaired) electrons. The number of pyridine rings is 2. The van der Waals surface area contributed by atoms with Gasteiger partial charge < -0.3 is 9.15 Å². The van der Waals surface area contributed by atoms with Crippen LogP contribution in [0.15, 0.2) is 150 Å². The van der Waals surface area contributed by atoms with Crippen LogP contribution >= 0.6 is 0 Å². The highest BCUT2D eigenvalue weighted by Gasteiger charge is 2.23. The Morgan fingerprint density at radius 2 is 1.27 bits per heavy atom. The van der Waals surface area contributed by atoms with E-state index in [-0.39, 0.29) is 0 Å². The van der Waals surface area contributed by atoms with Gasteiger partial charge in [0.25, 0.3) is 0 Å². The molecule has 0 saturated heterocycles. The molecule has 6 nitrogen and oxygen atoms in total. The molecule has 11 rings (SSSR count). The van der Waals surface area contributed by atoms with Crippen LogP contribution in [0, 0.1) is 0 Å². The van der Waals surface area contributed by atoms with Crippen LogP contribution in [0.1, 0.15) is 50.7 Å². The Morgan fingerprint density at radius 1 is 0.554 bits per heavy atom. The fourth-order valence-corrected chi connectivity index (χ4v) is 8.91. The van der Waals surface area contributed by atoms with Crippen molar-refractivity contribution < 1.29 is 9.15 Å². The van der Waals surface area contributed by atoms with Crippen LogP contribution in [-0.2, 0) is 0 Å². The summed E-state index contributed by atoms with van der Waals surface area (Å²) in [5, 5.41) is 7.68. The van der Waals surface area contributed by atoms with Gasteiger partial charge in [-0.1, -0.05) is 88.4 Å². The number of benzene rings is 6. The van der Waals surface area contributed by atoms with Crippen LogP contribution < -0.4 is 4.74 Å². The molecule has 6 aromatic carbocycles. The van der Waals surface area contributed by atoms with Crippen LogP contribution in [0.4, 0.5) is 0 Å². The van der Waals surface area contributed by atoms with Gasteiger partial charge in [0.05, 0.1) is 33.8 Å². The molecule has 0 amide bonds. The number of hydrogen-bond donors (Lipinski definition) is 0. The SMILES string of the molecule is CC(C)c1cccc(C(C)C)c1-c1cnc2c3cc(Oc4ccc5c6c7oc8ccccc8c7ccc6n(-c6ccccn6)c5c4)ccc3c3ccccc3n12. The molecular weight excluding hydrogens is 689 g/mol. The van der Waals surface area contributed by atoms with Gasteiger partial charge in [-0.3, -0.25) is 8.97 Å². The quantitative estimate of drug-likeness (QED) is 0.160. The molecule has 0 aliphatic carbocycles. The zero-order valence-corrected chi connectivity index (χ0v) is 31.6. The monoisotopic (exact) mass is 726 g/mol. The van der Waals surface area contributed by atoms with Crippen molar-refractivity contribution in [2.45, 2.75) is 39.5 Å². The molecule has 270 valence electrons. The summed E-state index contributed by atoms with van der Waals surface area (Å²) in [6.45, 7) is 9.09. The average Bonchev–Trinajstić information content (AvgIpc) is 3.93. The van der Waals surface area contributed by atoms with Gasteiger partial charge >= 0.3 is 0 Å². The lowest BCUT2D eigenvalue weighted by molar-refractivity contribution is 0.484. The molecule has 0 fully saturated rings. The van der Waals surface area contributed by atoms with Crippen molar-refractivity contribution in [3.05, 3.63) is 157 Å². The highest BCUT2D eigenvalue weighted by molar-refractivity contribution is 6.24. The average molecular weight is 727 g/mol. The number of aromatic nitrogens is 4. The summed E-state index contributed by atoms with van der Waals surface area (Å²) in [5.74, 6) is 3.02. The predicted octanol–water partition coefficient (Wildman–Crippen LogP) is 13.7. The summed E-state index contributed by atoms with van der Waals surface area (Å²) < 4.78 is 17.9. The van der Waals surface area contributed by atoms with E-state index in [1.54, 1.807) is 0 Å². The number of fused-ring (bicyclic) bond motifs is 13. The molecular formula is C50H38N4O2. The van der Waals surface area contributed by atoms with Crippen LogP contribution in [0.3, 0.4) is 0 Å². The second-order valence-electron chi connectivity index (χ2n) is 15.4. The van der Waals surface area contributed by atoms with Gasteiger partial charge in [0.2, 0.25) is 0 Å². The molecule has 0 aliphatic heterocycles. The summed E-state index contributed by atoms with van der Waals surface area (Å²) in [6.07, 6.45) is 3.89. The highest BCUT2D eigenvalue weighted by Crippen LogP contribution is 2.43. The van der Waals surface area contributed by atoms with E-state index in [9.17, 15) is 0 Å². The minimum Gasteiger partial charge on any atom is -0.457 e. The van der Waals surface area contributed by atoms with Crippen molar-refractivity contribution in [1.82, 2.24) is 18.9 Å². The van der Waals surface area contributed by atoms with Crippen LogP contribution in [0.25, 0.3) is 88.1 Å². The lowest BCUT2D eigenvalue weighted by Crippen LogP contribution is -2.02. The topological polar surface area (TPSA) is 57.5 Å². The first-order valence-electron chi connectivity index (χ1n) is 19.4. The van der Waals surface area contributed by atoms with Crippen LogP contribution in [0.5, 0.6) is 11.5 Å². The number of ether oxygens (including phenoxy) is 1. The Kier molecular flexibility index (Phi) is 7.14. The van der Waals surface area contributed by atoms with Gasteiger partial charge in [-0.2, -0.15) is 0 Å². The van der Waals surface area contributed by atoms with E-state index in [1.807, 2.05) is 36.5 Å². The number of hydrogen-bond acceptors (Lipinski definition) is 4. The van der Waals surface area contributed by atoms with Gasteiger partial charge in [0.15, 0.2) is 0 Å². The third-order valence-electron chi connectivity index (χ3n) is 11.4. The molecule has 0 spiro atoms. The zero-order valence-electron chi connectivity index (χ0n) is 31.6. The Labute approximate surface area is 323 Å². The molecule has 5 aromatic heterocycles. The first-order valence-corrected chi connectivity index (χ1v) is 19.4. The number of rotatable bonds is 6. The molecule has 0 N–H and O–H groups in total. The second-order valence-corrected chi connectivity index (χ2v) is 15.4. The van der Waals surface area contributed by atoms with E-state index in [4.69, 9.17) is 19.1 Å². The Morgan fingerprint density at radius 3 is 2.05 bits per heavy atom. The standard InChI is InChI=1S/C50H38N4O2/c1-29(2)33-14-11-15-34(30(3)4)47(33)44-28-52-50-40-26-31(19-21-35(40)36-12-5-7-16-41(36)54(44)50)55-32-20-22-39-43(27-32)53(46-18-9-10-25-51-46)42-24-23-38-37-13-6-8-17-45(37)56-49(38)48(39)42/h5-30H,1-4H3. The van der Waals surface area contributed by atoms with E-state index < -0.39 is 0 Å². The summed E-state index contributed by atoms with van der Waals surface area (Å²) in [4.78, 5) is 9.94. The Balaban J connectivity index is 1.10. The fourth-order valence-electron chi connectivity index (χ4n) is 8.91. The predicted molar refractivity (Wildman–Crippen MR) is 230 cm³/mol. The summed E-state index contributed by atoms with van der Waals surface area (Å²) in [5.41, 5.74) is 10.9. The van der Waals surface area contributed by atoms with E-state index in [0.717, 1.165) is 88.7 Å². The summed E-state index contributed by atoms with van der Waals surface area (Å²) in [7, 11) is 0.